The third-order valence-electron chi connectivity index (χ3n) is 5.64. The van der Waals surface area contributed by atoms with Crippen molar-refractivity contribution >= 4 is 21.7 Å². The fourth-order valence-corrected chi connectivity index (χ4v) is 4.00. The van der Waals surface area contributed by atoms with Crippen LogP contribution in [-0.4, -0.2) is 34.5 Å². The van der Waals surface area contributed by atoms with Gasteiger partial charge in [0.05, 0.1) is 11.9 Å². The van der Waals surface area contributed by atoms with Crippen LogP contribution in [0.25, 0.3) is 21.7 Å². The van der Waals surface area contributed by atoms with E-state index in [0.717, 1.165) is 33.3 Å². The van der Waals surface area contributed by atoms with Crippen LogP contribution in [0.1, 0.15) is 22.5 Å². The summed E-state index contributed by atoms with van der Waals surface area (Å²) in [7, 11) is 1.72. The van der Waals surface area contributed by atoms with Crippen molar-refractivity contribution in [3.63, 3.8) is 0 Å². The van der Waals surface area contributed by atoms with Crippen LogP contribution in [0, 0.1) is 12.7 Å². The number of fused-ring (bicyclic) bond motifs is 2. The second kappa shape index (κ2) is 7.09. The molecule has 7 nitrogen and oxygen atoms in total. The van der Waals surface area contributed by atoms with Gasteiger partial charge in [0, 0.05) is 30.2 Å². The Labute approximate surface area is 177 Å². The number of hydrogen-bond acceptors (Lipinski definition) is 5. The fourth-order valence-electron chi connectivity index (χ4n) is 4.00. The second-order valence-corrected chi connectivity index (χ2v) is 7.69. The molecule has 31 heavy (non-hydrogen) atoms. The molecule has 8 heteroatoms. The van der Waals surface area contributed by atoms with E-state index >= 15 is 0 Å². The molecule has 0 radical (unpaired) electrons. The van der Waals surface area contributed by atoms with Gasteiger partial charge in [0.25, 0.3) is 0 Å². The molecule has 0 aliphatic carbocycles. The number of aromatic nitrogens is 5. The maximum atomic E-state index is 13.3. The third kappa shape index (κ3) is 3.16. The summed E-state index contributed by atoms with van der Waals surface area (Å²) in [5.41, 5.74) is 3.17. The summed E-state index contributed by atoms with van der Waals surface area (Å²) < 4.78 is 16.6. The van der Waals surface area contributed by atoms with Gasteiger partial charge >= 0.3 is 0 Å². The highest BCUT2D eigenvalue weighted by Crippen LogP contribution is 2.42. The zero-order valence-corrected chi connectivity index (χ0v) is 17.0. The van der Waals surface area contributed by atoms with Gasteiger partial charge in [-0.2, -0.15) is 5.10 Å². The molecule has 0 atom stereocenters. The first kappa shape index (κ1) is 19.0. The van der Waals surface area contributed by atoms with Crippen molar-refractivity contribution in [1.29, 1.82) is 0 Å². The van der Waals surface area contributed by atoms with Crippen LogP contribution in [0.15, 0.2) is 49.1 Å². The van der Waals surface area contributed by atoms with Gasteiger partial charge in [-0.1, -0.05) is 12.1 Å². The molecule has 0 aliphatic rings. The van der Waals surface area contributed by atoms with Gasteiger partial charge in [-0.25, -0.2) is 14.1 Å². The van der Waals surface area contributed by atoms with Gasteiger partial charge < -0.3 is 14.8 Å². The topological polar surface area (TPSA) is 89.0 Å². The summed E-state index contributed by atoms with van der Waals surface area (Å²) in [4.78, 5) is 8.71. The summed E-state index contributed by atoms with van der Waals surface area (Å²) in [5.74, 6) is 0.394. The van der Waals surface area contributed by atoms with E-state index < -0.39 is 0 Å². The maximum absolute atomic E-state index is 13.3. The average Bonchev–Trinajstić information content (AvgIpc) is 3.29. The first-order chi connectivity index (χ1) is 14.9. The molecule has 0 saturated heterocycles. The number of halogens is 1. The van der Waals surface area contributed by atoms with E-state index in [2.05, 4.69) is 15.1 Å². The number of benzene rings is 2. The van der Waals surface area contributed by atoms with Gasteiger partial charge in [0.15, 0.2) is 5.75 Å². The van der Waals surface area contributed by atoms with Crippen LogP contribution in [-0.2, 0) is 20.0 Å². The summed E-state index contributed by atoms with van der Waals surface area (Å²) >= 11 is 0. The number of nitrogens with zero attached hydrogens (tertiary/aromatic N) is 5. The standard InChI is InChI=1S/C23H20FN5O2/c1-13-26-12-27-29(13)11-18-17-8-15(7-14-3-5-16(24)6-4-14)9-25-21(17)22(30)20-19(18)10-28(2)23(20)31/h3-6,8-10,12,30-31H,7,11H2,1-2H3. The van der Waals surface area contributed by atoms with E-state index in [0.29, 0.717) is 23.9 Å². The Hall–Kier alpha value is -3.94. The number of rotatable bonds is 4. The van der Waals surface area contributed by atoms with E-state index in [1.807, 2.05) is 13.0 Å². The minimum atomic E-state index is -0.276. The zero-order valence-electron chi connectivity index (χ0n) is 17.0. The summed E-state index contributed by atoms with van der Waals surface area (Å²) in [5, 5.41) is 27.6. The van der Waals surface area contributed by atoms with Crippen LogP contribution in [0.4, 0.5) is 4.39 Å². The smallest absolute Gasteiger partial charge is 0.202 e. The zero-order chi connectivity index (χ0) is 21.7. The summed E-state index contributed by atoms with van der Waals surface area (Å²) in [6.45, 7) is 2.28. The molecule has 3 aromatic heterocycles. The molecule has 2 aromatic carbocycles. The van der Waals surface area contributed by atoms with Crippen LogP contribution < -0.4 is 0 Å². The Morgan fingerprint density at radius 1 is 1.03 bits per heavy atom. The van der Waals surface area contributed by atoms with Crippen molar-refractivity contribution < 1.29 is 14.6 Å². The number of phenols is 1. The predicted octanol–water partition coefficient (Wildman–Crippen LogP) is 3.82. The Morgan fingerprint density at radius 3 is 2.52 bits per heavy atom. The van der Waals surface area contributed by atoms with Crippen molar-refractivity contribution in [3.8, 4) is 11.6 Å². The normalized spacial score (nSPS) is 11.6. The van der Waals surface area contributed by atoms with Crippen LogP contribution >= 0.6 is 0 Å². The first-order valence-electron chi connectivity index (χ1n) is 9.81. The predicted molar refractivity (Wildman–Crippen MR) is 115 cm³/mol. The molecule has 0 amide bonds. The number of pyridine rings is 1. The molecule has 3 heterocycles. The van der Waals surface area contributed by atoms with Crippen molar-refractivity contribution in [2.75, 3.05) is 0 Å². The van der Waals surface area contributed by atoms with Gasteiger partial charge in [-0.3, -0.25) is 4.98 Å². The van der Waals surface area contributed by atoms with Gasteiger partial charge in [0.2, 0.25) is 5.88 Å². The minimum Gasteiger partial charge on any atom is -0.505 e. The molecule has 5 aromatic rings. The van der Waals surface area contributed by atoms with E-state index in [1.165, 1.54) is 18.5 Å². The van der Waals surface area contributed by atoms with Crippen molar-refractivity contribution in [1.82, 2.24) is 24.3 Å². The Balaban J connectivity index is 1.73. The monoisotopic (exact) mass is 417 g/mol. The quantitative estimate of drug-likeness (QED) is 0.464. The maximum Gasteiger partial charge on any atom is 0.202 e. The molecule has 2 N–H and O–H groups in total. The van der Waals surface area contributed by atoms with Gasteiger partial charge in [-0.15, -0.1) is 0 Å². The van der Waals surface area contributed by atoms with Crippen LogP contribution in [0.2, 0.25) is 0 Å². The molecular weight excluding hydrogens is 397 g/mol. The minimum absolute atomic E-state index is 0.0249. The van der Waals surface area contributed by atoms with Crippen LogP contribution in [0.3, 0.4) is 0 Å². The van der Waals surface area contributed by atoms with E-state index in [4.69, 9.17) is 0 Å². The SMILES string of the molecule is Cc1ncnn1Cc1c2cc(Cc3ccc(F)cc3)cnc2c(O)c2c(O)n(C)cc12. The van der Waals surface area contributed by atoms with Crippen molar-refractivity contribution in [2.24, 2.45) is 7.05 Å². The number of hydrogen-bond donors (Lipinski definition) is 2. The van der Waals surface area contributed by atoms with Crippen LogP contribution in [0.5, 0.6) is 11.6 Å². The Kier molecular flexibility index (Phi) is 4.35. The van der Waals surface area contributed by atoms with Crippen molar-refractivity contribution in [3.05, 3.63) is 77.4 Å². The Morgan fingerprint density at radius 2 is 1.81 bits per heavy atom. The largest absolute Gasteiger partial charge is 0.505 e. The lowest BCUT2D eigenvalue weighted by Crippen LogP contribution is -2.05. The third-order valence-corrected chi connectivity index (χ3v) is 5.64. The highest BCUT2D eigenvalue weighted by molar-refractivity contribution is 6.09. The van der Waals surface area contributed by atoms with Crippen molar-refractivity contribution in [2.45, 2.75) is 19.9 Å². The second-order valence-electron chi connectivity index (χ2n) is 7.69. The summed E-state index contributed by atoms with van der Waals surface area (Å²) in [6, 6.07) is 8.34. The molecular formula is C23H20FN5O2. The molecule has 156 valence electrons. The lowest BCUT2D eigenvalue weighted by Gasteiger charge is -2.13. The molecule has 0 unspecified atom stereocenters. The molecule has 0 saturated carbocycles. The van der Waals surface area contributed by atoms with E-state index in [1.54, 1.807) is 40.8 Å². The van der Waals surface area contributed by atoms with Gasteiger partial charge in [0.1, 0.15) is 23.5 Å². The Bertz CT molecular complexity index is 1440. The summed E-state index contributed by atoms with van der Waals surface area (Å²) in [6.07, 6.45) is 5.56. The lowest BCUT2D eigenvalue weighted by molar-refractivity contribution is 0.432. The highest BCUT2D eigenvalue weighted by Gasteiger charge is 2.21. The number of aromatic hydroxyl groups is 2. The fraction of sp³-hybridized carbons (Fsp3) is 0.174. The van der Waals surface area contributed by atoms with Gasteiger partial charge in [-0.05, 0) is 48.2 Å². The number of phenolic OH excluding ortho intramolecular Hbond substituents is 1. The van der Waals surface area contributed by atoms with E-state index in [9.17, 15) is 14.6 Å². The number of aryl methyl sites for hydroxylation is 2. The molecule has 5 rings (SSSR count). The van der Waals surface area contributed by atoms with E-state index in [-0.39, 0.29) is 17.4 Å². The lowest BCUT2D eigenvalue weighted by atomic mass is 9.98. The molecule has 0 spiro atoms. The molecule has 0 bridgehead atoms. The highest BCUT2D eigenvalue weighted by atomic mass is 19.1. The average molecular weight is 417 g/mol. The first-order valence-corrected chi connectivity index (χ1v) is 9.81. The molecule has 0 fully saturated rings. The molecule has 0 aliphatic heterocycles.